The molecule has 0 spiro atoms. The molecule has 14 heavy (non-hydrogen) atoms. The molecule has 0 aliphatic carbocycles. The van der Waals surface area contributed by atoms with Gasteiger partial charge in [-0.2, -0.15) is 0 Å². The van der Waals surface area contributed by atoms with Crippen LogP contribution in [0.2, 0.25) is 0 Å². The molecule has 1 N–H and O–H groups in total. The summed E-state index contributed by atoms with van der Waals surface area (Å²) in [7, 11) is 0. The fourth-order valence-electron chi connectivity index (χ4n) is 2.19. The van der Waals surface area contributed by atoms with Gasteiger partial charge in [0.2, 0.25) is 0 Å². The Morgan fingerprint density at radius 3 is 1.71 bits per heavy atom. The van der Waals surface area contributed by atoms with Crippen molar-refractivity contribution in [3.8, 4) is 0 Å². The number of hydrogen-bond donors (Lipinski definition) is 1. The Labute approximate surface area is 88.3 Å². The zero-order valence-corrected chi connectivity index (χ0v) is 10.5. The van der Waals surface area contributed by atoms with Gasteiger partial charge in [-0.1, -0.05) is 20.8 Å². The molecule has 1 rings (SSSR count). The first kappa shape index (κ1) is 12.0. The lowest BCUT2D eigenvalue weighted by molar-refractivity contribution is 0.0820. The smallest absolute Gasteiger partial charge is 0.0712 e. The fraction of sp³-hybridized carbons (Fsp3) is 1.00. The number of β-amino-alcohol motifs (C(OH)–C–C–N with tert-alkyl or cyclic N) is 1. The number of aliphatic hydroxyl groups is 1. The maximum Gasteiger partial charge on any atom is 0.0712 e. The minimum Gasteiger partial charge on any atom is -0.391 e. The van der Waals surface area contributed by atoms with Crippen molar-refractivity contribution >= 4 is 0 Å². The molecule has 1 fully saturated rings. The minimum atomic E-state index is -0.158. The molecule has 0 unspecified atom stereocenters. The zero-order valence-electron chi connectivity index (χ0n) is 10.5. The Hall–Kier alpha value is -0.0800. The highest BCUT2D eigenvalue weighted by Crippen LogP contribution is 2.36. The monoisotopic (exact) mass is 199 g/mol. The van der Waals surface area contributed by atoms with E-state index >= 15 is 0 Å². The molecule has 0 bridgehead atoms. The van der Waals surface area contributed by atoms with Gasteiger partial charge in [0.25, 0.3) is 0 Å². The Morgan fingerprint density at radius 1 is 1.00 bits per heavy atom. The molecule has 1 heterocycles. The molecule has 84 valence electrons. The highest BCUT2D eigenvalue weighted by atomic mass is 16.3. The summed E-state index contributed by atoms with van der Waals surface area (Å²) in [4.78, 5) is 2.38. The van der Waals surface area contributed by atoms with Crippen molar-refractivity contribution in [3.63, 3.8) is 0 Å². The maximum atomic E-state index is 10.0. The number of aliphatic hydroxyl groups excluding tert-OH is 1. The van der Waals surface area contributed by atoms with Gasteiger partial charge in [0.15, 0.2) is 0 Å². The van der Waals surface area contributed by atoms with Crippen molar-refractivity contribution in [2.75, 3.05) is 13.1 Å². The number of rotatable bonds is 0. The van der Waals surface area contributed by atoms with Crippen LogP contribution in [-0.2, 0) is 0 Å². The van der Waals surface area contributed by atoms with Crippen LogP contribution in [0.5, 0.6) is 0 Å². The molecule has 2 atom stereocenters. The van der Waals surface area contributed by atoms with E-state index in [-0.39, 0.29) is 17.1 Å². The van der Waals surface area contributed by atoms with Crippen LogP contribution < -0.4 is 0 Å². The molecule has 0 amide bonds. The molecule has 1 saturated heterocycles. The lowest BCUT2D eigenvalue weighted by Gasteiger charge is -2.33. The Balaban J connectivity index is 2.70. The van der Waals surface area contributed by atoms with Crippen molar-refractivity contribution in [1.29, 1.82) is 0 Å². The molecule has 2 nitrogen and oxygen atoms in total. The van der Waals surface area contributed by atoms with E-state index < -0.39 is 0 Å². The summed E-state index contributed by atoms with van der Waals surface area (Å²) in [6.45, 7) is 15.1. The van der Waals surface area contributed by atoms with Gasteiger partial charge in [0, 0.05) is 24.5 Å². The SMILES string of the molecule is CC(C)(C)[C@@H]1CN(C(C)(C)C)C[C@@H]1O. The van der Waals surface area contributed by atoms with Crippen molar-refractivity contribution in [1.82, 2.24) is 4.90 Å². The van der Waals surface area contributed by atoms with Gasteiger partial charge in [-0.15, -0.1) is 0 Å². The highest BCUT2D eigenvalue weighted by Gasteiger charge is 2.41. The largest absolute Gasteiger partial charge is 0.391 e. The van der Waals surface area contributed by atoms with Crippen molar-refractivity contribution in [3.05, 3.63) is 0 Å². The second-order valence-corrected chi connectivity index (χ2v) is 6.62. The van der Waals surface area contributed by atoms with Crippen LogP contribution in [0.15, 0.2) is 0 Å². The van der Waals surface area contributed by atoms with E-state index in [1.165, 1.54) is 0 Å². The summed E-state index contributed by atoms with van der Waals surface area (Å²) in [5.74, 6) is 0.404. The molecule has 1 aliphatic heterocycles. The molecule has 0 saturated carbocycles. The van der Waals surface area contributed by atoms with Crippen LogP contribution in [0.4, 0.5) is 0 Å². The molecular formula is C12H25NO. The molecule has 1 aliphatic rings. The Morgan fingerprint density at radius 2 is 1.50 bits per heavy atom. The number of nitrogens with zero attached hydrogens (tertiary/aromatic N) is 1. The van der Waals surface area contributed by atoms with Gasteiger partial charge in [0.05, 0.1) is 6.10 Å². The molecule has 0 aromatic carbocycles. The van der Waals surface area contributed by atoms with E-state index in [2.05, 4.69) is 46.4 Å². The molecule has 0 aromatic rings. The summed E-state index contributed by atoms with van der Waals surface area (Å²) >= 11 is 0. The van der Waals surface area contributed by atoms with Crippen LogP contribution in [-0.4, -0.2) is 34.7 Å². The third-order valence-electron chi connectivity index (χ3n) is 3.35. The van der Waals surface area contributed by atoms with Crippen LogP contribution >= 0.6 is 0 Å². The normalized spacial score (nSPS) is 31.1. The van der Waals surface area contributed by atoms with E-state index in [1.807, 2.05) is 0 Å². The summed E-state index contributed by atoms with van der Waals surface area (Å²) in [6, 6.07) is 0. The number of hydrogen-bond acceptors (Lipinski definition) is 2. The van der Waals surface area contributed by atoms with Crippen LogP contribution in [0, 0.1) is 11.3 Å². The summed E-state index contributed by atoms with van der Waals surface area (Å²) in [5, 5.41) is 10.0. The Bertz CT molecular complexity index is 199. The van der Waals surface area contributed by atoms with Gasteiger partial charge in [0.1, 0.15) is 0 Å². The Kier molecular flexibility index (Phi) is 2.99. The van der Waals surface area contributed by atoms with Crippen molar-refractivity contribution in [2.45, 2.75) is 53.2 Å². The maximum absolute atomic E-state index is 10.0. The highest BCUT2D eigenvalue weighted by molar-refractivity contribution is 4.94. The molecule has 2 heteroatoms. The van der Waals surface area contributed by atoms with E-state index in [0.717, 1.165) is 13.1 Å². The minimum absolute atomic E-state index is 0.158. The van der Waals surface area contributed by atoms with Gasteiger partial charge < -0.3 is 5.11 Å². The van der Waals surface area contributed by atoms with E-state index in [0.29, 0.717) is 5.92 Å². The lowest BCUT2D eigenvalue weighted by atomic mass is 9.79. The van der Waals surface area contributed by atoms with Crippen LogP contribution in [0.1, 0.15) is 41.5 Å². The van der Waals surface area contributed by atoms with Gasteiger partial charge >= 0.3 is 0 Å². The zero-order chi connectivity index (χ0) is 11.1. The van der Waals surface area contributed by atoms with Gasteiger partial charge in [-0.25, -0.2) is 0 Å². The summed E-state index contributed by atoms with van der Waals surface area (Å²) in [6.07, 6.45) is -0.158. The van der Waals surface area contributed by atoms with Crippen LogP contribution in [0.25, 0.3) is 0 Å². The quantitative estimate of drug-likeness (QED) is 0.646. The average molecular weight is 199 g/mol. The van der Waals surface area contributed by atoms with Gasteiger partial charge in [-0.3, -0.25) is 4.90 Å². The third kappa shape index (κ3) is 2.48. The first-order valence-corrected chi connectivity index (χ1v) is 5.55. The van der Waals surface area contributed by atoms with Gasteiger partial charge in [-0.05, 0) is 26.2 Å². The van der Waals surface area contributed by atoms with Crippen molar-refractivity contribution in [2.24, 2.45) is 11.3 Å². The fourth-order valence-corrected chi connectivity index (χ4v) is 2.19. The van der Waals surface area contributed by atoms with Crippen LogP contribution in [0.3, 0.4) is 0 Å². The predicted molar refractivity (Wildman–Crippen MR) is 60.3 cm³/mol. The topological polar surface area (TPSA) is 23.5 Å². The standard InChI is InChI=1S/C12H25NO/c1-11(2,3)9-7-13(8-10(9)14)12(4,5)6/h9-10,14H,7-8H2,1-6H3/t9-,10+/m1/s1. The number of likely N-dealkylation sites (tertiary alicyclic amines) is 1. The summed E-state index contributed by atoms with van der Waals surface area (Å²) in [5.41, 5.74) is 0.389. The molecule has 0 aromatic heterocycles. The second kappa shape index (κ2) is 3.49. The second-order valence-electron chi connectivity index (χ2n) is 6.62. The average Bonchev–Trinajstić information content (AvgIpc) is 2.27. The first-order chi connectivity index (χ1) is 6.12. The van der Waals surface area contributed by atoms with E-state index in [4.69, 9.17) is 0 Å². The third-order valence-corrected chi connectivity index (χ3v) is 3.35. The first-order valence-electron chi connectivity index (χ1n) is 5.55. The van der Waals surface area contributed by atoms with Crippen molar-refractivity contribution < 1.29 is 5.11 Å². The predicted octanol–water partition coefficient (Wildman–Crippen LogP) is 2.12. The molecular weight excluding hydrogens is 174 g/mol. The lowest BCUT2D eigenvalue weighted by Crippen LogP contribution is -2.40. The van der Waals surface area contributed by atoms with E-state index in [1.54, 1.807) is 0 Å². The molecule has 0 radical (unpaired) electrons. The summed E-state index contributed by atoms with van der Waals surface area (Å²) < 4.78 is 0. The van der Waals surface area contributed by atoms with E-state index in [9.17, 15) is 5.11 Å².